The minimum atomic E-state index is -0.196. The molecule has 0 spiro atoms. The van der Waals surface area contributed by atoms with Crippen LogP contribution in [0.1, 0.15) is 21.5 Å². The van der Waals surface area contributed by atoms with Crippen molar-refractivity contribution in [1.82, 2.24) is 0 Å². The largest absolute Gasteiger partial charge is 0.310 e. The summed E-state index contributed by atoms with van der Waals surface area (Å²) in [5.74, 6) is -0.196. The highest BCUT2D eigenvalue weighted by Crippen LogP contribution is 2.22. The van der Waals surface area contributed by atoms with E-state index >= 15 is 0 Å². The molecule has 20 heavy (non-hydrogen) atoms. The summed E-state index contributed by atoms with van der Waals surface area (Å²) in [6.45, 7) is 1.88. The van der Waals surface area contributed by atoms with Gasteiger partial charge in [0.1, 0.15) is 6.07 Å². The van der Waals surface area contributed by atoms with E-state index in [1.54, 1.807) is 49.5 Å². The van der Waals surface area contributed by atoms with Crippen LogP contribution in [0.4, 0.5) is 5.69 Å². The molecule has 2 aromatic carbocycles. The molecule has 0 radical (unpaired) electrons. The van der Waals surface area contributed by atoms with Gasteiger partial charge in [0.25, 0.3) is 5.91 Å². The maximum Gasteiger partial charge on any atom is 0.258 e. The first-order chi connectivity index (χ1) is 9.52. The Hall–Kier alpha value is -2.31. The number of nitriles is 1. The number of carbonyl (C=O) groups excluding carboxylic acids is 1. The Morgan fingerprint density at radius 1 is 1.25 bits per heavy atom. The summed E-state index contributed by atoms with van der Waals surface area (Å²) in [4.78, 5) is 13.9. The number of hydrogen-bond donors (Lipinski definition) is 0. The highest BCUT2D eigenvalue weighted by atomic mass is 35.5. The van der Waals surface area contributed by atoms with Gasteiger partial charge < -0.3 is 4.90 Å². The monoisotopic (exact) mass is 284 g/mol. The number of nitrogens with zero attached hydrogens (tertiary/aromatic N) is 2. The van der Waals surface area contributed by atoms with Crippen LogP contribution in [0.15, 0.2) is 42.5 Å². The number of amides is 1. The highest BCUT2D eigenvalue weighted by molar-refractivity contribution is 6.31. The van der Waals surface area contributed by atoms with Crippen molar-refractivity contribution in [1.29, 1.82) is 5.26 Å². The first-order valence-electron chi connectivity index (χ1n) is 6.07. The minimum Gasteiger partial charge on any atom is -0.310 e. The van der Waals surface area contributed by atoms with Crippen LogP contribution in [0.2, 0.25) is 5.02 Å². The van der Waals surface area contributed by atoms with Crippen molar-refractivity contribution in [2.75, 3.05) is 11.9 Å². The van der Waals surface area contributed by atoms with Gasteiger partial charge in [-0.15, -0.1) is 0 Å². The number of hydrogen-bond acceptors (Lipinski definition) is 2. The molecule has 3 nitrogen and oxygen atoms in total. The molecule has 1 amide bonds. The van der Waals surface area contributed by atoms with E-state index in [1.807, 2.05) is 6.92 Å². The lowest BCUT2D eigenvalue weighted by Gasteiger charge is -2.19. The third-order valence-corrected chi connectivity index (χ3v) is 3.20. The maximum absolute atomic E-state index is 12.5. The Balaban J connectivity index is 2.40. The standard InChI is InChI=1S/C16H13ClN2O/c1-11-7-13(9-14(17)8-11)16(20)19(2)15-6-4-3-5-12(15)10-18/h3-9H,1-2H3. The van der Waals surface area contributed by atoms with Crippen molar-refractivity contribution in [3.63, 3.8) is 0 Å². The number of carbonyl (C=O) groups is 1. The predicted molar refractivity (Wildman–Crippen MR) is 80.1 cm³/mol. The minimum absolute atomic E-state index is 0.196. The third-order valence-electron chi connectivity index (χ3n) is 2.98. The van der Waals surface area contributed by atoms with E-state index in [4.69, 9.17) is 16.9 Å². The van der Waals surface area contributed by atoms with E-state index in [-0.39, 0.29) is 5.91 Å². The van der Waals surface area contributed by atoms with Crippen LogP contribution >= 0.6 is 11.6 Å². The second kappa shape index (κ2) is 5.77. The Kier molecular flexibility index (Phi) is 4.07. The number of halogens is 1. The molecule has 0 unspecified atom stereocenters. The molecule has 2 rings (SSSR count). The van der Waals surface area contributed by atoms with Crippen LogP contribution < -0.4 is 4.90 Å². The van der Waals surface area contributed by atoms with Crippen molar-refractivity contribution < 1.29 is 4.79 Å². The molecule has 0 bridgehead atoms. The quantitative estimate of drug-likeness (QED) is 0.842. The van der Waals surface area contributed by atoms with Gasteiger partial charge in [0.2, 0.25) is 0 Å². The van der Waals surface area contributed by atoms with Crippen LogP contribution in [-0.2, 0) is 0 Å². The molecule has 100 valence electrons. The highest BCUT2D eigenvalue weighted by Gasteiger charge is 2.16. The molecule has 0 fully saturated rings. The number of anilines is 1. The van der Waals surface area contributed by atoms with Crippen molar-refractivity contribution in [3.05, 3.63) is 64.2 Å². The smallest absolute Gasteiger partial charge is 0.258 e. The summed E-state index contributed by atoms with van der Waals surface area (Å²) in [7, 11) is 1.65. The Labute approximate surface area is 123 Å². The van der Waals surface area contributed by atoms with Gasteiger partial charge in [0.15, 0.2) is 0 Å². The molecule has 0 saturated carbocycles. The van der Waals surface area contributed by atoms with Gasteiger partial charge in [-0.2, -0.15) is 5.26 Å². The third kappa shape index (κ3) is 2.81. The normalized spacial score (nSPS) is 9.90. The summed E-state index contributed by atoms with van der Waals surface area (Å²) >= 11 is 5.98. The first kappa shape index (κ1) is 14.1. The van der Waals surface area contributed by atoms with Gasteiger partial charge in [-0.25, -0.2) is 0 Å². The van der Waals surface area contributed by atoms with E-state index < -0.39 is 0 Å². The van der Waals surface area contributed by atoms with Gasteiger partial charge in [-0.05, 0) is 42.8 Å². The summed E-state index contributed by atoms with van der Waals surface area (Å²) in [5, 5.41) is 9.62. The molecule has 0 N–H and O–H groups in total. The van der Waals surface area contributed by atoms with E-state index in [0.29, 0.717) is 21.8 Å². The fourth-order valence-electron chi connectivity index (χ4n) is 2.02. The average molecular weight is 285 g/mol. The summed E-state index contributed by atoms with van der Waals surface area (Å²) in [5.41, 5.74) is 2.47. The SMILES string of the molecule is Cc1cc(Cl)cc(C(=O)N(C)c2ccccc2C#N)c1. The van der Waals surface area contributed by atoms with E-state index in [1.165, 1.54) is 4.90 Å². The molecule has 0 aliphatic carbocycles. The maximum atomic E-state index is 12.5. The van der Waals surface area contributed by atoms with Crippen LogP contribution in [-0.4, -0.2) is 13.0 Å². The fourth-order valence-corrected chi connectivity index (χ4v) is 2.31. The zero-order chi connectivity index (χ0) is 14.7. The van der Waals surface area contributed by atoms with Crippen LogP contribution in [0, 0.1) is 18.3 Å². The van der Waals surface area contributed by atoms with Crippen LogP contribution in [0.5, 0.6) is 0 Å². The number of para-hydroxylation sites is 1. The lowest BCUT2D eigenvalue weighted by molar-refractivity contribution is 0.0993. The molecule has 0 atom stereocenters. The zero-order valence-corrected chi connectivity index (χ0v) is 12.0. The van der Waals surface area contributed by atoms with Gasteiger partial charge >= 0.3 is 0 Å². The number of benzene rings is 2. The van der Waals surface area contributed by atoms with Gasteiger partial charge in [0.05, 0.1) is 11.3 Å². The lowest BCUT2D eigenvalue weighted by atomic mass is 10.1. The Morgan fingerprint density at radius 2 is 1.95 bits per heavy atom. The predicted octanol–water partition coefficient (Wildman–Crippen LogP) is 3.80. The van der Waals surface area contributed by atoms with Crippen molar-refractivity contribution >= 4 is 23.2 Å². The lowest BCUT2D eigenvalue weighted by Crippen LogP contribution is -2.27. The van der Waals surface area contributed by atoms with Crippen molar-refractivity contribution in [2.45, 2.75) is 6.92 Å². The summed E-state index contributed by atoms with van der Waals surface area (Å²) in [6, 6.07) is 14.3. The van der Waals surface area contributed by atoms with Crippen LogP contribution in [0.25, 0.3) is 0 Å². The molecular weight excluding hydrogens is 272 g/mol. The van der Waals surface area contributed by atoms with Crippen molar-refractivity contribution in [2.24, 2.45) is 0 Å². The average Bonchev–Trinajstić information content (AvgIpc) is 2.44. The molecule has 0 aromatic heterocycles. The Morgan fingerprint density at radius 3 is 2.60 bits per heavy atom. The molecule has 0 saturated heterocycles. The number of rotatable bonds is 2. The van der Waals surface area contributed by atoms with E-state index in [2.05, 4.69) is 6.07 Å². The molecule has 0 aliphatic heterocycles. The van der Waals surface area contributed by atoms with Gasteiger partial charge in [-0.1, -0.05) is 23.7 Å². The second-order valence-electron chi connectivity index (χ2n) is 4.51. The fraction of sp³-hybridized carbons (Fsp3) is 0.125. The second-order valence-corrected chi connectivity index (χ2v) is 4.95. The van der Waals surface area contributed by atoms with Crippen molar-refractivity contribution in [3.8, 4) is 6.07 Å². The number of aryl methyl sites for hydroxylation is 1. The molecule has 0 heterocycles. The topological polar surface area (TPSA) is 44.1 Å². The molecule has 0 aliphatic rings. The summed E-state index contributed by atoms with van der Waals surface area (Å²) in [6.07, 6.45) is 0. The van der Waals surface area contributed by atoms with Gasteiger partial charge in [0, 0.05) is 17.6 Å². The Bertz CT molecular complexity index is 684. The summed E-state index contributed by atoms with van der Waals surface area (Å²) < 4.78 is 0. The molecular formula is C16H13ClN2O. The first-order valence-corrected chi connectivity index (χ1v) is 6.45. The van der Waals surface area contributed by atoms with E-state index in [9.17, 15) is 4.79 Å². The molecule has 2 aromatic rings. The van der Waals surface area contributed by atoms with Gasteiger partial charge in [-0.3, -0.25) is 4.79 Å². The zero-order valence-electron chi connectivity index (χ0n) is 11.2. The van der Waals surface area contributed by atoms with Crippen LogP contribution in [0.3, 0.4) is 0 Å². The molecule has 4 heteroatoms. The van der Waals surface area contributed by atoms with E-state index in [0.717, 1.165) is 5.56 Å².